The van der Waals surface area contributed by atoms with Gasteiger partial charge in [0, 0.05) is 11.1 Å². The highest BCUT2D eigenvalue weighted by Crippen LogP contribution is 2.34. The molecular weight excluding hydrogens is 314 g/mol. The summed E-state index contributed by atoms with van der Waals surface area (Å²) in [6, 6.07) is 10.0. The van der Waals surface area contributed by atoms with Crippen molar-refractivity contribution in [2.75, 3.05) is 5.73 Å². The number of benzene rings is 2. The predicted octanol–water partition coefficient (Wildman–Crippen LogP) is 3.79. The van der Waals surface area contributed by atoms with Gasteiger partial charge in [0.25, 0.3) is 0 Å². The van der Waals surface area contributed by atoms with E-state index in [1.54, 1.807) is 30.3 Å². The summed E-state index contributed by atoms with van der Waals surface area (Å²) in [5, 5.41) is -0.230. The van der Waals surface area contributed by atoms with Crippen molar-refractivity contribution in [3.63, 3.8) is 0 Å². The summed E-state index contributed by atoms with van der Waals surface area (Å²) in [6.07, 6.45) is 0. The number of Topliss-reactive ketones (excluding diaryl/α,β-unsaturated/α-hetero) is 2. The van der Waals surface area contributed by atoms with Gasteiger partial charge in [-0.1, -0.05) is 41.9 Å². The lowest BCUT2D eigenvalue weighted by molar-refractivity contribution is 0.0943. The second-order valence-corrected chi connectivity index (χ2v) is 5.75. The summed E-state index contributed by atoms with van der Waals surface area (Å²) >= 11 is 6.07. The largest absolute Gasteiger partial charge is 0.449 e. The first-order chi connectivity index (χ1) is 10.9. The monoisotopic (exact) mass is 327 g/mol. The fourth-order valence-electron chi connectivity index (χ4n) is 2.43. The van der Waals surface area contributed by atoms with E-state index in [4.69, 9.17) is 22.1 Å². The molecule has 2 aromatic carbocycles. The van der Waals surface area contributed by atoms with Crippen LogP contribution < -0.4 is 10.5 Å². The van der Waals surface area contributed by atoms with Gasteiger partial charge < -0.3 is 10.5 Å². The van der Waals surface area contributed by atoms with Gasteiger partial charge >= 0.3 is 0 Å². The average molecular weight is 328 g/mol. The number of anilines is 1. The highest BCUT2D eigenvalue weighted by atomic mass is 35.5. The number of nitrogen functional groups attached to an aromatic ring is 1. The number of halogens is 1. The summed E-state index contributed by atoms with van der Waals surface area (Å²) in [5.74, 6) is -0.741. The quantitative estimate of drug-likeness (QED) is 0.852. The normalized spacial score (nSPS) is 14.0. The van der Waals surface area contributed by atoms with Gasteiger partial charge in [-0.2, -0.15) is 0 Å². The minimum absolute atomic E-state index is 0.190. The van der Waals surface area contributed by atoms with E-state index in [1.165, 1.54) is 0 Å². The molecule has 23 heavy (non-hydrogen) atoms. The Kier molecular flexibility index (Phi) is 3.70. The first kappa shape index (κ1) is 15.3. The van der Waals surface area contributed by atoms with Gasteiger partial charge in [-0.3, -0.25) is 9.59 Å². The van der Waals surface area contributed by atoms with Crippen molar-refractivity contribution in [2.45, 2.75) is 13.8 Å². The number of ketones is 2. The molecule has 0 unspecified atom stereocenters. The molecule has 0 heterocycles. The molecule has 0 bridgehead atoms. The fraction of sp³-hybridized carbons (Fsp3) is 0.111. The maximum Gasteiger partial charge on any atom is 0.230 e. The van der Waals surface area contributed by atoms with E-state index in [1.807, 2.05) is 19.9 Å². The van der Waals surface area contributed by atoms with Crippen molar-refractivity contribution in [1.82, 2.24) is 0 Å². The number of fused-ring (bicyclic) bond motifs is 1. The first-order valence-electron chi connectivity index (χ1n) is 7.03. The molecule has 0 aromatic heterocycles. The van der Waals surface area contributed by atoms with Crippen LogP contribution in [0.5, 0.6) is 5.75 Å². The molecule has 0 spiro atoms. The van der Waals surface area contributed by atoms with Gasteiger partial charge in [-0.05, 0) is 31.0 Å². The third-order valence-corrected chi connectivity index (χ3v) is 4.32. The zero-order chi connectivity index (χ0) is 16.7. The van der Waals surface area contributed by atoms with E-state index in [2.05, 4.69) is 0 Å². The minimum Gasteiger partial charge on any atom is -0.449 e. The van der Waals surface area contributed by atoms with E-state index in [9.17, 15) is 9.59 Å². The van der Waals surface area contributed by atoms with Crippen LogP contribution in [-0.2, 0) is 0 Å². The minimum atomic E-state index is -0.431. The SMILES string of the molecule is Cc1ccc(OC2=C(Cl)C(=O)c3ccccc3C2=O)c(N)c1C. The topological polar surface area (TPSA) is 69.4 Å². The highest BCUT2D eigenvalue weighted by Gasteiger charge is 2.33. The Bertz CT molecular complexity index is 884. The van der Waals surface area contributed by atoms with Crippen LogP contribution >= 0.6 is 11.6 Å². The van der Waals surface area contributed by atoms with Crippen LogP contribution in [0.25, 0.3) is 0 Å². The van der Waals surface area contributed by atoms with Gasteiger partial charge in [0.1, 0.15) is 5.03 Å². The number of hydrogen-bond acceptors (Lipinski definition) is 4. The molecule has 0 aliphatic heterocycles. The lowest BCUT2D eigenvalue weighted by atomic mass is 9.93. The van der Waals surface area contributed by atoms with E-state index < -0.39 is 11.6 Å². The van der Waals surface area contributed by atoms with Crippen LogP contribution in [0.4, 0.5) is 5.69 Å². The molecule has 1 aliphatic rings. The van der Waals surface area contributed by atoms with Gasteiger partial charge in [0.2, 0.25) is 11.6 Å². The van der Waals surface area contributed by atoms with Crippen LogP contribution in [0.2, 0.25) is 0 Å². The lowest BCUT2D eigenvalue weighted by Gasteiger charge is -2.19. The lowest BCUT2D eigenvalue weighted by Crippen LogP contribution is -2.23. The predicted molar refractivity (Wildman–Crippen MR) is 88.9 cm³/mol. The number of ether oxygens (including phenoxy) is 1. The number of nitrogens with two attached hydrogens (primary N) is 1. The van der Waals surface area contributed by atoms with Crippen molar-refractivity contribution in [3.05, 3.63) is 69.4 Å². The van der Waals surface area contributed by atoms with E-state index in [-0.39, 0.29) is 21.9 Å². The summed E-state index contributed by atoms with van der Waals surface area (Å²) in [6.45, 7) is 3.78. The molecule has 0 amide bonds. The molecule has 4 nitrogen and oxygen atoms in total. The molecule has 2 N–H and O–H groups in total. The molecule has 0 radical (unpaired) electrons. The second kappa shape index (κ2) is 5.56. The maximum absolute atomic E-state index is 12.6. The van der Waals surface area contributed by atoms with Gasteiger partial charge in [-0.15, -0.1) is 0 Å². The maximum atomic E-state index is 12.6. The molecule has 1 aliphatic carbocycles. The third-order valence-electron chi connectivity index (χ3n) is 3.98. The Morgan fingerprint density at radius 2 is 1.57 bits per heavy atom. The average Bonchev–Trinajstić information content (AvgIpc) is 2.56. The number of hydrogen-bond donors (Lipinski definition) is 1. The van der Waals surface area contributed by atoms with E-state index >= 15 is 0 Å². The number of carbonyl (C=O) groups is 2. The van der Waals surface area contributed by atoms with E-state index in [0.29, 0.717) is 11.4 Å². The van der Waals surface area contributed by atoms with Gasteiger partial charge in [0.15, 0.2) is 11.5 Å². The van der Waals surface area contributed by atoms with Crippen molar-refractivity contribution < 1.29 is 14.3 Å². The van der Waals surface area contributed by atoms with Crippen LogP contribution in [0.1, 0.15) is 31.8 Å². The van der Waals surface area contributed by atoms with Gasteiger partial charge in [0.05, 0.1) is 5.69 Å². The zero-order valence-corrected chi connectivity index (χ0v) is 13.4. The number of aryl methyl sites for hydroxylation is 1. The Morgan fingerprint density at radius 3 is 2.22 bits per heavy atom. The summed E-state index contributed by atoms with van der Waals surface area (Å²) in [5.41, 5.74) is 8.87. The molecule has 116 valence electrons. The van der Waals surface area contributed by atoms with Gasteiger partial charge in [-0.25, -0.2) is 0 Å². The molecule has 0 saturated carbocycles. The third kappa shape index (κ3) is 2.41. The Morgan fingerprint density at radius 1 is 0.957 bits per heavy atom. The summed E-state index contributed by atoms with van der Waals surface area (Å²) in [7, 11) is 0. The molecular formula is C18H14ClNO3. The molecule has 0 atom stereocenters. The van der Waals surface area contributed by atoms with Crippen LogP contribution in [-0.4, -0.2) is 11.6 Å². The molecule has 2 aromatic rings. The Labute approximate surface area is 138 Å². The van der Waals surface area contributed by atoms with Crippen molar-refractivity contribution >= 4 is 28.9 Å². The van der Waals surface area contributed by atoms with Crippen LogP contribution in [0.15, 0.2) is 47.2 Å². The second-order valence-electron chi connectivity index (χ2n) is 5.37. The van der Waals surface area contributed by atoms with Crippen LogP contribution in [0, 0.1) is 13.8 Å². The molecule has 0 saturated heterocycles. The molecule has 5 heteroatoms. The molecule has 0 fully saturated rings. The molecule has 3 rings (SSSR count). The number of rotatable bonds is 2. The van der Waals surface area contributed by atoms with Crippen molar-refractivity contribution in [3.8, 4) is 5.75 Å². The zero-order valence-electron chi connectivity index (χ0n) is 12.6. The van der Waals surface area contributed by atoms with Crippen LogP contribution in [0.3, 0.4) is 0 Å². The Balaban J connectivity index is 2.07. The smallest absolute Gasteiger partial charge is 0.230 e. The Hall–Kier alpha value is -2.59. The fourth-order valence-corrected chi connectivity index (χ4v) is 2.65. The van der Waals surface area contributed by atoms with Crippen molar-refractivity contribution in [1.29, 1.82) is 0 Å². The standard InChI is InChI=1S/C18H14ClNO3/c1-9-7-8-13(15(20)10(9)2)23-18-14(19)16(21)11-5-3-4-6-12(11)17(18)22/h3-8H,20H2,1-2H3. The van der Waals surface area contributed by atoms with Crippen molar-refractivity contribution in [2.24, 2.45) is 0 Å². The van der Waals surface area contributed by atoms with E-state index in [0.717, 1.165) is 11.1 Å². The summed E-state index contributed by atoms with van der Waals surface area (Å²) in [4.78, 5) is 24.9. The number of allylic oxidation sites excluding steroid dienone is 2. The first-order valence-corrected chi connectivity index (χ1v) is 7.41. The summed E-state index contributed by atoms with van der Waals surface area (Å²) < 4.78 is 5.63. The highest BCUT2D eigenvalue weighted by molar-refractivity contribution is 6.49. The number of carbonyl (C=O) groups excluding carboxylic acids is 2.